The van der Waals surface area contributed by atoms with Crippen LogP contribution in [0.15, 0.2) is 101 Å². The van der Waals surface area contributed by atoms with Gasteiger partial charge in [-0.2, -0.15) is 0 Å². The number of rotatable bonds is 2. The molecular formula is C36H29NO. The minimum atomic E-state index is -0.172. The van der Waals surface area contributed by atoms with Gasteiger partial charge in [-0.25, -0.2) is 0 Å². The Morgan fingerprint density at radius 3 is 2.08 bits per heavy atom. The van der Waals surface area contributed by atoms with Gasteiger partial charge in [0.05, 0.1) is 0 Å². The highest BCUT2D eigenvalue weighted by molar-refractivity contribution is 6.20. The van der Waals surface area contributed by atoms with E-state index >= 15 is 0 Å². The normalized spacial score (nSPS) is 15.8. The molecule has 0 radical (unpaired) electrons. The van der Waals surface area contributed by atoms with Crippen molar-refractivity contribution in [2.45, 2.75) is 38.5 Å². The Morgan fingerprint density at radius 2 is 1.24 bits per heavy atom. The number of nitrogens with one attached hydrogen (secondary N) is 1. The SMILES string of the molecule is CC1(C)c2ccccc2-c2c1c1c(c3c2oc2ccccc23)-c2ccc(Nc3ccccc3)cc2C1(C)C. The van der Waals surface area contributed by atoms with Crippen LogP contribution in [0.5, 0.6) is 0 Å². The minimum Gasteiger partial charge on any atom is -0.455 e. The van der Waals surface area contributed by atoms with Crippen LogP contribution in [0.1, 0.15) is 49.9 Å². The number of benzene rings is 5. The number of hydrogen-bond acceptors (Lipinski definition) is 2. The molecule has 6 aromatic rings. The minimum absolute atomic E-state index is 0.131. The Hall–Kier alpha value is -4.30. The van der Waals surface area contributed by atoms with Crippen molar-refractivity contribution in [1.29, 1.82) is 0 Å². The zero-order chi connectivity index (χ0) is 25.8. The zero-order valence-corrected chi connectivity index (χ0v) is 22.1. The molecule has 5 aromatic carbocycles. The van der Waals surface area contributed by atoms with Crippen molar-refractivity contribution in [3.05, 3.63) is 119 Å². The van der Waals surface area contributed by atoms with Crippen LogP contribution in [-0.2, 0) is 10.8 Å². The summed E-state index contributed by atoms with van der Waals surface area (Å²) in [5.41, 5.74) is 14.7. The van der Waals surface area contributed by atoms with Crippen molar-refractivity contribution in [2.24, 2.45) is 0 Å². The van der Waals surface area contributed by atoms with Gasteiger partial charge in [-0.15, -0.1) is 0 Å². The molecule has 0 saturated heterocycles. The summed E-state index contributed by atoms with van der Waals surface area (Å²) in [5.74, 6) is 0. The van der Waals surface area contributed by atoms with E-state index in [0.29, 0.717) is 0 Å². The van der Waals surface area contributed by atoms with Crippen molar-refractivity contribution in [1.82, 2.24) is 0 Å². The first-order chi connectivity index (χ1) is 18.4. The molecule has 2 aliphatic rings. The van der Waals surface area contributed by atoms with E-state index in [0.717, 1.165) is 22.5 Å². The number of furan rings is 1. The molecule has 1 heterocycles. The van der Waals surface area contributed by atoms with Crippen LogP contribution in [0.3, 0.4) is 0 Å². The van der Waals surface area contributed by atoms with Crippen LogP contribution >= 0.6 is 0 Å². The third-order valence-corrected chi connectivity index (χ3v) is 8.97. The van der Waals surface area contributed by atoms with Crippen LogP contribution < -0.4 is 5.32 Å². The summed E-state index contributed by atoms with van der Waals surface area (Å²) < 4.78 is 6.74. The third kappa shape index (κ3) is 2.62. The average Bonchev–Trinajstić information content (AvgIpc) is 3.49. The average molecular weight is 492 g/mol. The molecule has 0 spiro atoms. The lowest BCUT2D eigenvalue weighted by Crippen LogP contribution is -2.24. The van der Waals surface area contributed by atoms with Crippen LogP contribution in [0.25, 0.3) is 44.2 Å². The van der Waals surface area contributed by atoms with E-state index in [9.17, 15) is 0 Å². The van der Waals surface area contributed by atoms with E-state index in [1.54, 1.807) is 0 Å². The quantitative estimate of drug-likeness (QED) is 0.261. The summed E-state index contributed by atoms with van der Waals surface area (Å²) in [6.07, 6.45) is 0. The lowest BCUT2D eigenvalue weighted by atomic mass is 9.72. The monoisotopic (exact) mass is 491 g/mol. The molecule has 2 aliphatic carbocycles. The van der Waals surface area contributed by atoms with Gasteiger partial charge in [0.25, 0.3) is 0 Å². The zero-order valence-electron chi connectivity index (χ0n) is 22.1. The fourth-order valence-electron chi connectivity index (χ4n) is 7.30. The predicted octanol–water partition coefficient (Wildman–Crippen LogP) is 9.94. The smallest absolute Gasteiger partial charge is 0.144 e. The van der Waals surface area contributed by atoms with Gasteiger partial charge in [0.2, 0.25) is 0 Å². The van der Waals surface area contributed by atoms with Crippen molar-refractivity contribution in [3.8, 4) is 22.3 Å². The predicted molar refractivity (Wildman–Crippen MR) is 159 cm³/mol. The molecular weight excluding hydrogens is 462 g/mol. The molecule has 0 saturated carbocycles. The molecule has 8 rings (SSSR count). The van der Waals surface area contributed by atoms with Crippen molar-refractivity contribution >= 4 is 33.3 Å². The van der Waals surface area contributed by atoms with Crippen LogP contribution in [0, 0.1) is 0 Å². The van der Waals surface area contributed by atoms with E-state index in [1.165, 1.54) is 55.3 Å². The van der Waals surface area contributed by atoms with Crippen LogP contribution in [-0.4, -0.2) is 0 Å². The van der Waals surface area contributed by atoms with Crippen molar-refractivity contribution < 1.29 is 4.42 Å². The molecule has 2 nitrogen and oxygen atoms in total. The molecule has 0 aliphatic heterocycles. The first-order valence-corrected chi connectivity index (χ1v) is 13.5. The summed E-state index contributed by atoms with van der Waals surface area (Å²) in [7, 11) is 0. The number of para-hydroxylation sites is 2. The Labute approximate surface area is 222 Å². The van der Waals surface area contributed by atoms with Gasteiger partial charge in [-0.3, -0.25) is 0 Å². The van der Waals surface area contributed by atoms with E-state index < -0.39 is 0 Å². The summed E-state index contributed by atoms with van der Waals surface area (Å²) in [6, 6.07) is 34.7. The van der Waals surface area contributed by atoms with Gasteiger partial charge in [0, 0.05) is 38.5 Å². The van der Waals surface area contributed by atoms with Crippen LogP contribution in [0.2, 0.25) is 0 Å². The molecule has 0 amide bonds. The number of hydrogen-bond donors (Lipinski definition) is 1. The fraction of sp³-hybridized carbons (Fsp3) is 0.167. The highest BCUT2D eigenvalue weighted by atomic mass is 16.3. The second-order valence-corrected chi connectivity index (χ2v) is 11.8. The van der Waals surface area contributed by atoms with Gasteiger partial charge in [0.1, 0.15) is 11.2 Å². The van der Waals surface area contributed by atoms with Gasteiger partial charge < -0.3 is 9.73 Å². The van der Waals surface area contributed by atoms with Crippen molar-refractivity contribution in [2.75, 3.05) is 5.32 Å². The summed E-state index contributed by atoms with van der Waals surface area (Å²) >= 11 is 0. The van der Waals surface area contributed by atoms with Crippen molar-refractivity contribution in [3.63, 3.8) is 0 Å². The molecule has 0 atom stereocenters. The topological polar surface area (TPSA) is 25.2 Å². The molecule has 0 unspecified atom stereocenters. The standard InChI is InChI=1S/C36H29NO/c1-35(2)26-16-10-8-14-23(26)31-33(35)32-29(30-25-15-9-11-17-28(25)38-34(30)31)24-19-18-22(20-27(24)36(32,3)4)37-21-12-6-5-7-13-21/h5-20,37H,1-4H3. The number of anilines is 2. The lowest BCUT2D eigenvalue weighted by molar-refractivity contribution is 0.600. The Bertz CT molecular complexity index is 1940. The highest BCUT2D eigenvalue weighted by Gasteiger charge is 2.48. The van der Waals surface area contributed by atoms with Gasteiger partial charge >= 0.3 is 0 Å². The third-order valence-electron chi connectivity index (χ3n) is 8.97. The van der Waals surface area contributed by atoms with Gasteiger partial charge in [0.15, 0.2) is 0 Å². The lowest BCUT2D eigenvalue weighted by Gasteiger charge is -2.31. The van der Waals surface area contributed by atoms with Crippen LogP contribution in [0.4, 0.5) is 11.4 Å². The van der Waals surface area contributed by atoms with Gasteiger partial charge in [-0.1, -0.05) is 94.4 Å². The molecule has 2 heteroatoms. The van der Waals surface area contributed by atoms with Gasteiger partial charge in [-0.05, 0) is 69.3 Å². The maximum atomic E-state index is 6.74. The van der Waals surface area contributed by atoms with E-state index in [4.69, 9.17) is 4.42 Å². The molecule has 184 valence electrons. The Balaban J connectivity index is 1.50. The first kappa shape index (κ1) is 21.8. The molecule has 0 fully saturated rings. The second-order valence-electron chi connectivity index (χ2n) is 11.8. The summed E-state index contributed by atoms with van der Waals surface area (Å²) in [5, 5.41) is 6.07. The molecule has 38 heavy (non-hydrogen) atoms. The first-order valence-electron chi connectivity index (χ1n) is 13.5. The van der Waals surface area contributed by atoms with E-state index in [-0.39, 0.29) is 10.8 Å². The molecule has 1 aromatic heterocycles. The maximum absolute atomic E-state index is 6.74. The Morgan fingerprint density at radius 1 is 0.579 bits per heavy atom. The highest BCUT2D eigenvalue weighted by Crippen LogP contribution is 2.63. The van der Waals surface area contributed by atoms with E-state index in [1.807, 2.05) is 0 Å². The van der Waals surface area contributed by atoms with E-state index in [2.05, 4.69) is 130 Å². The second kappa shape index (κ2) is 7.17. The summed E-state index contributed by atoms with van der Waals surface area (Å²) in [4.78, 5) is 0. The Kier molecular flexibility index (Phi) is 4.10. The fourth-order valence-corrected chi connectivity index (χ4v) is 7.30. The number of fused-ring (bicyclic) bond motifs is 12. The molecule has 1 N–H and O–H groups in total. The molecule has 0 bridgehead atoms. The maximum Gasteiger partial charge on any atom is 0.144 e. The summed E-state index contributed by atoms with van der Waals surface area (Å²) in [6.45, 7) is 9.57. The largest absolute Gasteiger partial charge is 0.455 e.